The fourth-order valence-electron chi connectivity index (χ4n) is 1.87. The first-order chi connectivity index (χ1) is 10.4. The van der Waals surface area contributed by atoms with Gasteiger partial charge in [0.15, 0.2) is 0 Å². The summed E-state index contributed by atoms with van der Waals surface area (Å²) in [6, 6.07) is 8.73. The molecule has 0 fully saturated rings. The van der Waals surface area contributed by atoms with Crippen molar-refractivity contribution in [3.63, 3.8) is 0 Å². The maximum Gasteiger partial charge on any atom is 0.270 e. The molecule has 0 unspecified atom stereocenters. The molecule has 0 aliphatic rings. The second-order valence-electron chi connectivity index (χ2n) is 4.76. The zero-order valence-corrected chi connectivity index (χ0v) is 12.7. The second kappa shape index (κ2) is 6.44. The number of rotatable bonds is 4. The first kappa shape index (κ1) is 15.8. The summed E-state index contributed by atoms with van der Waals surface area (Å²) < 4.78 is 0. The van der Waals surface area contributed by atoms with Gasteiger partial charge in [-0.25, -0.2) is 0 Å². The third-order valence-corrected chi connectivity index (χ3v) is 3.20. The third kappa shape index (κ3) is 3.53. The van der Waals surface area contributed by atoms with Crippen molar-refractivity contribution in [2.75, 3.05) is 19.0 Å². The maximum atomic E-state index is 11.8. The molecular weight excluding hydrogens is 306 g/mol. The number of non-ortho nitro benzene ring substituents is 1. The lowest BCUT2D eigenvalue weighted by Gasteiger charge is -2.15. The van der Waals surface area contributed by atoms with Gasteiger partial charge in [0.2, 0.25) is 0 Å². The molecule has 0 aliphatic heterocycles. The topological polar surface area (TPSA) is 81.8 Å². The summed E-state index contributed by atoms with van der Waals surface area (Å²) >= 11 is 5.96. The van der Waals surface area contributed by atoms with Gasteiger partial charge in [-0.3, -0.25) is 15.1 Å². The zero-order valence-electron chi connectivity index (χ0n) is 12.0. The number of hydrogen-bond donors (Lipinski definition) is 0. The molecule has 0 amide bonds. The summed E-state index contributed by atoms with van der Waals surface area (Å²) in [5.41, 5.74) is 1.39. The molecule has 0 aliphatic carbocycles. The normalized spacial score (nSPS) is 10.9. The average molecular weight is 319 g/mol. The van der Waals surface area contributed by atoms with Crippen LogP contribution in [0.2, 0.25) is 5.02 Å². The molecule has 0 radical (unpaired) electrons. The van der Waals surface area contributed by atoms with Crippen LogP contribution < -0.4 is 10.0 Å². The number of benzene rings is 2. The molecule has 7 heteroatoms. The summed E-state index contributed by atoms with van der Waals surface area (Å²) in [5, 5.41) is 23.0. The van der Waals surface area contributed by atoms with E-state index in [0.717, 1.165) is 11.8 Å². The minimum Gasteiger partial charge on any atom is -0.872 e. The van der Waals surface area contributed by atoms with Crippen LogP contribution >= 0.6 is 11.6 Å². The third-order valence-electron chi connectivity index (χ3n) is 2.97. The highest BCUT2D eigenvalue weighted by Gasteiger charge is 2.07. The van der Waals surface area contributed by atoms with Crippen molar-refractivity contribution in [3.05, 3.63) is 57.1 Å². The predicted molar refractivity (Wildman–Crippen MR) is 85.6 cm³/mol. The summed E-state index contributed by atoms with van der Waals surface area (Å²) in [4.78, 5) is 16.3. The summed E-state index contributed by atoms with van der Waals surface area (Å²) in [6.45, 7) is 0. The van der Waals surface area contributed by atoms with E-state index in [-0.39, 0.29) is 17.0 Å². The molecule has 0 bridgehead atoms. The van der Waals surface area contributed by atoms with E-state index < -0.39 is 4.92 Å². The van der Waals surface area contributed by atoms with Crippen LogP contribution in [0.3, 0.4) is 0 Å². The number of anilines is 1. The first-order valence-electron chi connectivity index (χ1n) is 6.35. The summed E-state index contributed by atoms with van der Waals surface area (Å²) in [5.74, 6) is -0.331. The molecule has 0 saturated carbocycles. The van der Waals surface area contributed by atoms with Gasteiger partial charge < -0.3 is 10.0 Å². The Labute approximate surface area is 132 Å². The van der Waals surface area contributed by atoms with Gasteiger partial charge in [0.25, 0.3) is 5.69 Å². The Balaban J connectivity index is 2.42. The Morgan fingerprint density at radius 3 is 2.59 bits per heavy atom. The molecule has 0 spiro atoms. The highest BCUT2D eigenvalue weighted by Crippen LogP contribution is 2.30. The van der Waals surface area contributed by atoms with Crippen molar-refractivity contribution in [3.8, 4) is 5.75 Å². The van der Waals surface area contributed by atoms with Crippen molar-refractivity contribution < 1.29 is 10.0 Å². The van der Waals surface area contributed by atoms with Crippen molar-refractivity contribution >= 4 is 34.9 Å². The smallest absolute Gasteiger partial charge is 0.270 e. The highest BCUT2D eigenvalue weighted by atomic mass is 35.5. The van der Waals surface area contributed by atoms with E-state index >= 15 is 0 Å². The van der Waals surface area contributed by atoms with Crippen LogP contribution in [0.4, 0.5) is 17.1 Å². The van der Waals surface area contributed by atoms with Crippen LogP contribution in [0.15, 0.2) is 41.4 Å². The molecule has 0 heterocycles. The van der Waals surface area contributed by atoms with E-state index in [1.165, 1.54) is 18.3 Å². The van der Waals surface area contributed by atoms with Gasteiger partial charge in [0.1, 0.15) is 0 Å². The number of aliphatic imine (C=N–C) groups is 1. The van der Waals surface area contributed by atoms with E-state index in [2.05, 4.69) is 4.99 Å². The Morgan fingerprint density at radius 1 is 1.23 bits per heavy atom. The quantitative estimate of drug-likeness (QED) is 0.492. The molecule has 114 valence electrons. The fraction of sp³-hybridized carbons (Fsp3) is 0.133. The van der Waals surface area contributed by atoms with Crippen LogP contribution in [0.5, 0.6) is 5.75 Å². The first-order valence-corrected chi connectivity index (χ1v) is 6.72. The van der Waals surface area contributed by atoms with Gasteiger partial charge in [-0.1, -0.05) is 23.4 Å². The van der Waals surface area contributed by atoms with Crippen molar-refractivity contribution in [1.29, 1.82) is 0 Å². The number of nitro benzene ring substituents is 1. The second-order valence-corrected chi connectivity index (χ2v) is 5.20. The van der Waals surface area contributed by atoms with Gasteiger partial charge in [0, 0.05) is 37.5 Å². The van der Waals surface area contributed by atoms with Gasteiger partial charge in [-0.05, 0) is 23.8 Å². The molecule has 2 rings (SSSR count). The molecule has 0 saturated heterocycles. The van der Waals surface area contributed by atoms with Crippen LogP contribution in [-0.4, -0.2) is 25.2 Å². The van der Waals surface area contributed by atoms with Crippen molar-refractivity contribution in [2.24, 2.45) is 4.99 Å². The largest absolute Gasteiger partial charge is 0.872 e. The molecule has 22 heavy (non-hydrogen) atoms. The van der Waals surface area contributed by atoms with Crippen molar-refractivity contribution in [1.82, 2.24) is 0 Å². The Kier molecular flexibility index (Phi) is 4.62. The molecule has 0 aromatic heterocycles. The fourth-order valence-corrected chi connectivity index (χ4v) is 2.03. The average Bonchev–Trinajstić information content (AvgIpc) is 2.45. The lowest BCUT2D eigenvalue weighted by atomic mass is 10.2. The van der Waals surface area contributed by atoms with Crippen LogP contribution in [0, 0.1) is 10.1 Å². The van der Waals surface area contributed by atoms with Crippen LogP contribution in [0.25, 0.3) is 0 Å². The number of nitrogens with zero attached hydrogens (tertiary/aromatic N) is 3. The van der Waals surface area contributed by atoms with Crippen molar-refractivity contribution in [2.45, 2.75) is 0 Å². The number of nitro groups is 1. The summed E-state index contributed by atoms with van der Waals surface area (Å²) in [6.07, 6.45) is 1.31. The monoisotopic (exact) mass is 318 g/mol. The van der Waals surface area contributed by atoms with Crippen LogP contribution in [0.1, 0.15) is 5.56 Å². The minimum absolute atomic E-state index is 0.152. The number of halogens is 1. The predicted octanol–water partition coefficient (Wildman–Crippen LogP) is 3.14. The molecule has 0 N–H and O–H groups in total. The van der Waals surface area contributed by atoms with Gasteiger partial charge >= 0.3 is 0 Å². The van der Waals surface area contributed by atoms with Gasteiger partial charge in [0.05, 0.1) is 16.3 Å². The molecular formula is C15H13ClN3O3-. The van der Waals surface area contributed by atoms with E-state index in [4.69, 9.17) is 11.6 Å². The van der Waals surface area contributed by atoms with E-state index in [1.807, 2.05) is 19.0 Å². The van der Waals surface area contributed by atoms with Crippen LogP contribution in [-0.2, 0) is 0 Å². The summed E-state index contributed by atoms with van der Waals surface area (Å²) in [7, 11) is 3.71. The molecule has 2 aromatic rings. The Hall–Kier alpha value is -2.60. The van der Waals surface area contributed by atoms with E-state index in [1.54, 1.807) is 18.2 Å². The zero-order chi connectivity index (χ0) is 16.3. The molecule has 2 aromatic carbocycles. The Bertz CT molecular complexity index is 745. The van der Waals surface area contributed by atoms with E-state index in [9.17, 15) is 15.2 Å². The standard InChI is InChI=1S/C15H14ClN3O3/c1-18(2)14-5-3-11(16)8-13(14)17-9-10-7-12(19(21)22)4-6-15(10)20/h3-9,20H,1-2H3/p-1. The SMILES string of the molecule is CN(C)c1ccc(Cl)cc1N=Cc1cc([N+](=O)[O-])ccc1[O-]. The van der Waals surface area contributed by atoms with E-state index in [0.29, 0.717) is 10.7 Å². The maximum absolute atomic E-state index is 11.8. The molecule has 6 nitrogen and oxygen atoms in total. The Morgan fingerprint density at radius 2 is 1.95 bits per heavy atom. The highest BCUT2D eigenvalue weighted by molar-refractivity contribution is 6.31. The minimum atomic E-state index is -0.554. The number of hydrogen-bond acceptors (Lipinski definition) is 5. The lowest BCUT2D eigenvalue weighted by molar-refractivity contribution is -0.385. The molecule has 0 atom stereocenters. The van der Waals surface area contributed by atoms with Gasteiger partial charge in [-0.2, -0.15) is 0 Å². The van der Waals surface area contributed by atoms with Gasteiger partial charge in [-0.15, -0.1) is 0 Å². The lowest BCUT2D eigenvalue weighted by Crippen LogP contribution is -2.08.